The smallest absolute Gasteiger partial charge is 0.238 e. The van der Waals surface area contributed by atoms with Crippen molar-refractivity contribution in [3.8, 4) is 5.69 Å². The van der Waals surface area contributed by atoms with Crippen LogP contribution in [0.25, 0.3) is 16.7 Å². The van der Waals surface area contributed by atoms with Crippen molar-refractivity contribution in [1.82, 2.24) is 24.6 Å². The van der Waals surface area contributed by atoms with E-state index in [0.717, 1.165) is 60.0 Å². The molecule has 2 aromatic heterocycles. The summed E-state index contributed by atoms with van der Waals surface area (Å²) in [6.45, 7) is 5.56. The average molecular weight is 428 g/mol. The topological polar surface area (TPSA) is 79.2 Å². The van der Waals surface area contributed by atoms with E-state index in [2.05, 4.69) is 30.2 Å². The monoisotopic (exact) mass is 427 g/mol. The van der Waals surface area contributed by atoms with Crippen LogP contribution in [0.3, 0.4) is 0 Å². The molecule has 5 rings (SSSR count). The Bertz CT molecular complexity index is 1230. The zero-order valence-corrected chi connectivity index (χ0v) is 18.0. The van der Waals surface area contributed by atoms with Crippen LogP contribution in [0.5, 0.6) is 0 Å². The highest BCUT2D eigenvalue weighted by Crippen LogP contribution is 2.25. The van der Waals surface area contributed by atoms with Crippen LogP contribution < -0.4 is 10.2 Å². The van der Waals surface area contributed by atoms with Gasteiger partial charge in [0.15, 0.2) is 5.65 Å². The van der Waals surface area contributed by atoms with Crippen molar-refractivity contribution in [2.24, 2.45) is 0 Å². The summed E-state index contributed by atoms with van der Waals surface area (Å²) in [5, 5.41) is 8.47. The minimum atomic E-state index is 0.0117. The van der Waals surface area contributed by atoms with Crippen molar-refractivity contribution in [3.63, 3.8) is 0 Å². The second-order valence-corrected chi connectivity index (χ2v) is 8.01. The van der Waals surface area contributed by atoms with Crippen LogP contribution in [-0.2, 0) is 4.79 Å². The van der Waals surface area contributed by atoms with Crippen LogP contribution in [-0.4, -0.2) is 63.3 Å². The molecule has 1 aliphatic rings. The fraction of sp³-hybridized carbons (Fsp3) is 0.250. The minimum Gasteiger partial charge on any atom is -0.353 e. The summed E-state index contributed by atoms with van der Waals surface area (Å²) in [5.74, 6) is 0.902. The second-order valence-electron chi connectivity index (χ2n) is 8.01. The number of carbonyl (C=O) groups excluding carboxylic acids is 1. The molecule has 4 aromatic rings. The van der Waals surface area contributed by atoms with Crippen molar-refractivity contribution in [3.05, 3.63) is 72.7 Å². The number of aryl methyl sites for hydroxylation is 1. The molecule has 0 unspecified atom stereocenters. The van der Waals surface area contributed by atoms with Crippen LogP contribution in [0.15, 0.2) is 67.1 Å². The predicted molar refractivity (Wildman–Crippen MR) is 125 cm³/mol. The molecule has 1 amide bonds. The van der Waals surface area contributed by atoms with Crippen molar-refractivity contribution >= 4 is 28.4 Å². The van der Waals surface area contributed by atoms with E-state index in [1.807, 2.05) is 72.4 Å². The number of amides is 1. The molecule has 1 aliphatic heterocycles. The normalized spacial score (nSPS) is 14.6. The van der Waals surface area contributed by atoms with E-state index >= 15 is 0 Å². The van der Waals surface area contributed by atoms with Crippen LogP contribution >= 0.6 is 0 Å². The maximum atomic E-state index is 12.5. The summed E-state index contributed by atoms with van der Waals surface area (Å²) >= 11 is 0. The molecule has 1 saturated heterocycles. The molecule has 8 nitrogen and oxygen atoms in total. The molecule has 0 atom stereocenters. The van der Waals surface area contributed by atoms with Gasteiger partial charge in [0.1, 0.15) is 12.1 Å². The Morgan fingerprint density at radius 3 is 2.59 bits per heavy atom. The first-order valence-electron chi connectivity index (χ1n) is 10.8. The molecule has 0 saturated carbocycles. The first-order valence-corrected chi connectivity index (χ1v) is 10.8. The Hall–Kier alpha value is -3.78. The minimum absolute atomic E-state index is 0.0117. The van der Waals surface area contributed by atoms with Gasteiger partial charge in [-0.1, -0.05) is 30.3 Å². The fourth-order valence-electron chi connectivity index (χ4n) is 4.09. The first kappa shape index (κ1) is 20.1. The number of hydrogen-bond acceptors (Lipinski definition) is 6. The molecule has 0 spiro atoms. The van der Waals surface area contributed by atoms with E-state index in [9.17, 15) is 4.79 Å². The number of para-hydroxylation sites is 1. The van der Waals surface area contributed by atoms with Crippen LogP contribution in [0.2, 0.25) is 0 Å². The van der Waals surface area contributed by atoms with Crippen molar-refractivity contribution < 1.29 is 4.79 Å². The van der Waals surface area contributed by atoms with Gasteiger partial charge in [-0.05, 0) is 36.8 Å². The van der Waals surface area contributed by atoms with Crippen LogP contribution in [0.4, 0.5) is 11.5 Å². The number of aromatic nitrogens is 4. The van der Waals surface area contributed by atoms with E-state index in [-0.39, 0.29) is 5.91 Å². The van der Waals surface area contributed by atoms with E-state index in [0.29, 0.717) is 6.54 Å². The fourth-order valence-corrected chi connectivity index (χ4v) is 4.09. The standard InChI is InChI=1S/C24H25N7O/c1-18-6-5-7-19(14-18)28-22(32)16-29-10-12-30(13-11-29)23-21-15-27-31(24(21)26-17-25-23)20-8-3-2-4-9-20/h2-9,14-15,17H,10-13,16H2,1H3,(H,28,32). The maximum Gasteiger partial charge on any atom is 0.238 e. The lowest BCUT2D eigenvalue weighted by Gasteiger charge is -2.35. The predicted octanol–water partition coefficient (Wildman–Crippen LogP) is 2.88. The number of nitrogens with one attached hydrogen (secondary N) is 1. The lowest BCUT2D eigenvalue weighted by atomic mass is 10.2. The number of benzene rings is 2. The third kappa shape index (κ3) is 4.17. The molecular weight excluding hydrogens is 402 g/mol. The number of piperazine rings is 1. The largest absolute Gasteiger partial charge is 0.353 e. The number of carbonyl (C=O) groups is 1. The quantitative estimate of drug-likeness (QED) is 0.528. The van der Waals surface area contributed by atoms with Gasteiger partial charge in [0.25, 0.3) is 0 Å². The number of anilines is 2. The van der Waals surface area contributed by atoms with Gasteiger partial charge in [-0.25, -0.2) is 14.6 Å². The number of nitrogens with zero attached hydrogens (tertiary/aromatic N) is 6. The lowest BCUT2D eigenvalue weighted by molar-refractivity contribution is -0.117. The Kier molecular flexibility index (Phi) is 5.51. The van der Waals surface area contributed by atoms with Crippen molar-refractivity contribution in [2.75, 3.05) is 42.9 Å². The highest BCUT2D eigenvalue weighted by molar-refractivity contribution is 5.92. The molecule has 3 heterocycles. The third-order valence-electron chi connectivity index (χ3n) is 5.69. The first-order chi connectivity index (χ1) is 15.7. The second kappa shape index (κ2) is 8.76. The average Bonchev–Trinajstić information content (AvgIpc) is 3.24. The number of fused-ring (bicyclic) bond motifs is 1. The van der Waals surface area contributed by atoms with E-state index in [4.69, 9.17) is 0 Å². The molecule has 1 N–H and O–H groups in total. The summed E-state index contributed by atoms with van der Waals surface area (Å²) in [7, 11) is 0. The van der Waals surface area contributed by atoms with E-state index < -0.39 is 0 Å². The van der Waals surface area contributed by atoms with Gasteiger partial charge in [-0.3, -0.25) is 9.69 Å². The molecule has 1 fully saturated rings. The van der Waals surface area contributed by atoms with Crippen molar-refractivity contribution in [1.29, 1.82) is 0 Å². The van der Waals surface area contributed by atoms with Crippen LogP contribution in [0.1, 0.15) is 5.56 Å². The Morgan fingerprint density at radius 2 is 1.81 bits per heavy atom. The Balaban J connectivity index is 1.24. The van der Waals surface area contributed by atoms with Crippen LogP contribution in [0, 0.1) is 6.92 Å². The molecule has 0 radical (unpaired) electrons. The number of hydrogen-bond donors (Lipinski definition) is 1. The summed E-state index contributed by atoms with van der Waals surface area (Å²) in [6, 6.07) is 17.8. The molecule has 8 heteroatoms. The van der Waals surface area contributed by atoms with Gasteiger partial charge in [-0.15, -0.1) is 0 Å². The van der Waals surface area contributed by atoms with Gasteiger partial charge in [-0.2, -0.15) is 5.10 Å². The van der Waals surface area contributed by atoms with Gasteiger partial charge in [0, 0.05) is 31.9 Å². The molecule has 32 heavy (non-hydrogen) atoms. The highest BCUT2D eigenvalue weighted by atomic mass is 16.2. The zero-order valence-electron chi connectivity index (χ0n) is 18.0. The Morgan fingerprint density at radius 1 is 1.00 bits per heavy atom. The molecule has 2 aromatic carbocycles. The maximum absolute atomic E-state index is 12.5. The SMILES string of the molecule is Cc1cccc(NC(=O)CN2CCN(c3ncnc4c3cnn4-c3ccccc3)CC2)c1. The van der Waals surface area contributed by atoms with Gasteiger partial charge >= 0.3 is 0 Å². The molecule has 0 aliphatic carbocycles. The molecule has 0 bridgehead atoms. The van der Waals surface area contributed by atoms with E-state index in [1.54, 1.807) is 6.33 Å². The molecule has 162 valence electrons. The third-order valence-corrected chi connectivity index (χ3v) is 5.69. The summed E-state index contributed by atoms with van der Waals surface area (Å²) in [4.78, 5) is 25.9. The molecular formula is C24H25N7O. The Labute approximate surface area is 186 Å². The summed E-state index contributed by atoms with van der Waals surface area (Å²) in [5.41, 5.74) is 3.73. The number of rotatable bonds is 5. The van der Waals surface area contributed by atoms with Gasteiger partial charge in [0.05, 0.1) is 23.8 Å². The van der Waals surface area contributed by atoms with Gasteiger partial charge in [0.2, 0.25) is 5.91 Å². The summed E-state index contributed by atoms with van der Waals surface area (Å²) in [6.07, 6.45) is 3.43. The highest BCUT2D eigenvalue weighted by Gasteiger charge is 2.22. The lowest BCUT2D eigenvalue weighted by Crippen LogP contribution is -2.49. The van der Waals surface area contributed by atoms with Crippen molar-refractivity contribution in [2.45, 2.75) is 6.92 Å². The van der Waals surface area contributed by atoms with Gasteiger partial charge < -0.3 is 10.2 Å². The zero-order chi connectivity index (χ0) is 21.9. The van der Waals surface area contributed by atoms with E-state index in [1.165, 1.54) is 0 Å². The summed E-state index contributed by atoms with van der Waals surface area (Å²) < 4.78 is 1.84.